The van der Waals surface area contributed by atoms with Crippen LogP contribution in [0.25, 0.3) is 11.3 Å². The molecular formula is C15H15NO3. The van der Waals surface area contributed by atoms with E-state index in [1.807, 2.05) is 6.07 Å². The number of fused-ring (bicyclic) bond motifs is 1. The maximum absolute atomic E-state index is 10.8. The first-order valence-corrected chi connectivity index (χ1v) is 6.50. The average molecular weight is 257 g/mol. The summed E-state index contributed by atoms with van der Waals surface area (Å²) >= 11 is 0. The highest BCUT2D eigenvalue weighted by molar-refractivity contribution is 5.73. The zero-order chi connectivity index (χ0) is 13.2. The van der Waals surface area contributed by atoms with Gasteiger partial charge in [0.25, 0.3) is 0 Å². The smallest absolute Gasteiger partial charge is 0.311 e. The molecule has 2 aromatic rings. The molecule has 0 radical (unpaired) electrons. The number of carboxylic acids is 1. The number of hydrogen-bond donors (Lipinski definition) is 1. The highest BCUT2D eigenvalue weighted by atomic mass is 16.4. The van der Waals surface area contributed by atoms with E-state index >= 15 is 0 Å². The molecule has 0 atom stereocenters. The Kier molecular flexibility index (Phi) is 3.07. The number of aliphatic carboxylic acids is 1. The molecule has 1 aromatic heterocycles. The number of benzene rings is 1. The molecule has 1 N–H and O–H groups in total. The highest BCUT2D eigenvalue weighted by Crippen LogP contribution is 2.28. The number of hydrogen-bond acceptors (Lipinski definition) is 3. The number of nitrogens with zero attached hydrogens (tertiary/aromatic N) is 1. The van der Waals surface area contributed by atoms with E-state index in [4.69, 9.17) is 9.52 Å². The van der Waals surface area contributed by atoms with Crippen molar-refractivity contribution in [2.24, 2.45) is 0 Å². The quantitative estimate of drug-likeness (QED) is 0.918. The molecule has 1 heterocycles. The van der Waals surface area contributed by atoms with Gasteiger partial charge in [0.15, 0.2) is 6.39 Å². The summed E-state index contributed by atoms with van der Waals surface area (Å²) in [5.74, 6) is -0.487. The molecule has 0 unspecified atom stereocenters. The first-order valence-electron chi connectivity index (χ1n) is 6.50. The van der Waals surface area contributed by atoms with E-state index in [1.54, 1.807) is 0 Å². The number of aromatic nitrogens is 1. The van der Waals surface area contributed by atoms with E-state index in [0.29, 0.717) is 11.5 Å². The van der Waals surface area contributed by atoms with Gasteiger partial charge in [0.1, 0.15) is 17.9 Å². The van der Waals surface area contributed by atoms with Crippen LogP contribution < -0.4 is 0 Å². The van der Waals surface area contributed by atoms with Crippen molar-refractivity contribution in [3.63, 3.8) is 0 Å². The first kappa shape index (κ1) is 12.0. The summed E-state index contributed by atoms with van der Waals surface area (Å²) in [6.45, 7) is 0. The second kappa shape index (κ2) is 4.88. The molecule has 0 aliphatic heterocycles. The van der Waals surface area contributed by atoms with E-state index in [0.717, 1.165) is 18.4 Å². The Morgan fingerprint density at radius 2 is 2.05 bits per heavy atom. The highest BCUT2D eigenvalue weighted by Gasteiger charge is 2.16. The Hall–Kier alpha value is -2.10. The fourth-order valence-electron chi connectivity index (χ4n) is 2.65. The third-order valence-corrected chi connectivity index (χ3v) is 3.57. The molecule has 0 saturated carbocycles. The minimum Gasteiger partial charge on any atom is -0.481 e. The largest absolute Gasteiger partial charge is 0.481 e. The summed E-state index contributed by atoms with van der Waals surface area (Å²) in [6, 6.07) is 6.26. The standard InChI is InChI=1S/C15H15NO3/c17-14(18)8-13-15(16-9-19-13)12-6-5-10-3-1-2-4-11(10)7-12/h5-7,9H,1-4,8H2,(H,17,18). The fourth-order valence-corrected chi connectivity index (χ4v) is 2.65. The topological polar surface area (TPSA) is 63.3 Å². The van der Waals surface area contributed by atoms with Crippen LogP contribution >= 0.6 is 0 Å². The van der Waals surface area contributed by atoms with E-state index < -0.39 is 5.97 Å². The lowest BCUT2D eigenvalue weighted by Gasteiger charge is -2.16. The van der Waals surface area contributed by atoms with E-state index in [1.165, 1.54) is 30.4 Å². The molecule has 1 aliphatic rings. The van der Waals surface area contributed by atoms with Crippen LogP contribution in [-0.2, 0) is 24.1 Å². The van der Waals surface area contributed by atoms with Gasteiger partial charge in [-0.3, -0.25) is 4.79 Å². The van der Waals surface area contributed by atoms with Crippen LogP contribution in [0.3, 0.4) is 0 Å². The molecule has 0 saturated heterocycles. The summed E-state index contributed by atoms with van der Waals surface area (Å²) in [4.78, 5) is 15.0. The van der Waals surface area contributed by atoms with Gasteiger partial charge in [-0.25, -0.2) is 4.98 Å². The minimum absolute atomic E-state index is 0.133. The van der Waals surface area contributed by atoms with Gasteiger partial charge < -0.3 is 9.52 Å². The van der Waals surface area contributed by atoms with Gasteiger partial charge in [-0.1, -0.05) is 12.1 Å². The summed E-state index contributed by atoms with van der Waals surface area (Å²) in [5, 5.41) is 8.86. The van der Waals surface area contributed by atoms with Gasteiger partial charge in [0, 0.05) is 5.56 Å². The number of rotatable bonds is 3. The Morgan fingerprint density at radius 3 is 2.84 bits per heavy atom. The van der Waals surface area contributed by atoms with Crippen molar-refractivity contribution in [2.75, 3.05) is 0 Å². The fraction of sp³-hybridized carbons (Fsp3) is 0.333. The van der Waals surface area contributed by atoms with Crippen molar-refractivity contribution < 1.29 is 14.3 Å². The predicted octanol–water partition coefficient (Wildman–Crippen LogP) is 2.85. The summed E-state index contributed by atoms with van der Waals surface area (Å²) in [7, 11) is 0. The zero-order valence-electron chi connectivity index (χ0n) is 10.6. The Morgan fingerprint density at radius 1 is 1.26 bits per heavy atom. The number of aryl methyl sites for hydroxylation is 2. The molecule has 0 spiro atoms. The SMILES string of the molecule is O=C(O)Cc1ocnc1-c1ccc2c(c1)CCCC2. The lowest BCUT2D eigenvalue weighted by Crippen LogP contribution is -2.03. The van der Waals surface area contributed by atoms with Gasteiger partial charge >= 0.3 is 5.97 Å². The first-order chi connectivity index (χ1) is 9.24. The van der Waals surface area contributed by atoms with Crippen molar-refractivity contribution in [1.82, 2.24) is 4.98 Å². The van der Waals surface area contributed by atoms with E-state index in [-0.39, 0.29) is 6.42 Å². The molecular weight excluding hydrogens is 242 g/mol. The molecule has 4 heteroatoms. The third kappa shape index (κ3) is 2.38. The molecule has 0 fully saturated rings. The molecule has 0 bridgehead atoms. The molecule has 3 rings (SSSR count). The van der Waals surface area contributed by atoms with Crippen molar-refractivity contribution >= 4 is 5.97 Å². The summed E-state index contributed by atoms with van der Waals surface area (Å²) in [6.07, 6.45) is 5.88. The van der Waals surface area contributed by atoms with Crippen LogP contribution in [0.2, 0.25) is 0 Å². The Labute approximate surface area is 111 Å². The van der Waals surface area contributed by atoms with Gasteiger partial charge in [-0.05, 0) is 42.9 Å². The second-order valence-corrected chi connectivity index (χ2v) is 4.89. The Balaban J connectivity index is 1.98. The second-order valence-electron chi connectivity index (χ2n) is 4.89. The molecule has 1 aliphatic carbocycles. The molecule has 98 valence electrons. The van der Waals surface area contributed by atoms with Crippen LogP contribution in [0.15, 0.2) is 29.0 Å². The summed E-state index contributed by atoms with van der Waals surface area (Å²) in [5.41, 5.74) is 4.35. The van der Waals surface area contributed by atoms with Crippen LogP contribution in [0.4, 0.5) is 0 Å². The maximum atomic E-state index is 10.8. The van der Waals surface area contributed by atoms with Crippen LogP contribution in [-0.4, -0.2) is 16.1 Å². The van der Waals surface area contributed by atoms with Gasteiger partial charge in [-0.2, -0.15) is 0 Å². The monoisotopic (exact) mass is 257 g/mol. The number of carboxylic acid groups (broad SMARTS) is 1. The van der Waals surface area contributed by atoms with Crippen LogP contribution in [0, 0.1) is 0 Å². The van der Waals surface area contributed by atoms with Gasteiger partial charge in [-0.15, -0.1) is 0 Å². The number of carbonyl (C=O) groups is 1. The van der Waals surface area contributed by atoms with Crippen molar-refractivity contribution in [3.05, 3.63) is 41.5 Å². The van der Waals surface area contributed by atoms with Crippen LogP contribution in [0.1, 0.15) is 29.7 Å². The molecule has 0 amide bonds. The van der Waals surface area contributed by atoms with Gasteiger partial charge in [0.05, 0.1) is 0 Å². The van der Waals surface area contributed by atoms with Crippen molar-refractivity contribution in [2.45, 2.75) is 32.1 Å². The van der Waals surface area contributed by atoms with E-state index in [2.05, 4.69) is 17.1 Å². The van der Waals surface area contributed by atoms with E-state index in [9.17, 15) is 4.79 Å². The minimum atomic E-state index is -0.907. The van der Waals surface area contributed by atoms with Gasteiger partial charge in [0.2, 0.25) is 0 Å². The Bertz CT molecular complexity index is 616. The zero-order valence-corrected chi connectivity index (χ0v) is 10.6. The maximum Gasteiger partial charge on any atom is 0.311 e. The average Bonchev–Trinajstić information content (AvgIpc) is 2.85. The number of oxazole rings is 1. The van der Waals surface area contributed by atoms with Crippen molar-refractivity contribution in [3.8, 4) is 11.3 Å². The molecule has 1 aromatic carbocycles. The summed E-state index contributed by atoms with van der Waals surface area (Å²) < 4.78 is 5.18. The predicted molar refractivity (Wildman–Crippen MR) is 69.9 cm³/mol. The lowest BCUT2D eigenvalue weighted by molar-refractivity contribution is -0.136. The third-order valence-electron chi connectivity index (χ3n) is 3.57. The van der Waals surface area contributed by atoms with Crippen LogP contribution in [0.5, 0.6) is 0 Å². The molecule has 4 nitrogen and oxygen atoms in total. The van der Waals surface area contributed by atoms with Crippen molar-refractivity contribution in [1.29, 1.82) is 0 Å². The lowest BCUT2D eigenvalue weighted by atomic mass is 9.90. The molecule has 19 heavy (non-hydrogen) atoms. The normalized spacial score (nSPS) is 14.1.